The molecule has 0 radical (unpaired) electrons. The Morgan fingerprint density at radius 2 is 2.36 bits per heavy atom. The highest BCUT2D eigenvalue weighted by Gasteiger charge is 2.03. The molecule has 0 saturated carbocycles. The smallest absolute Gasteiger partial charge is 0.146 e. The van der Waals surface area contributed by atoms with Crippen molar-refractivity contribution in [1.82, 2.24) is 10.3 Å². The Morgan fingerprint density at radius 1 is 1.57 bits per heavy atom. The SMILES string of the molecule is CNCCCN(C)c1cccnc1N. The summed E-state index contributed by atoms with van der Waals surface area (Å²) in [4.78, 5) is 6.17. The molecule has 0 aliphatic rings. The number of pyridine rings is 1. The lowest BCUT2D eigenvalue weighted by atomic mass is 10.3. The van der Waals surface area contributed by atoms with E-state index in [0.717, 1.165) is 25.2 Å². The van der Waals surface area contributed by atoms with E-state index in [-0.39, 0.29) is 0 Å². The standard InChI is InChI=1S/C10H18N4/c1-12-6-4-8-14(2)9-5-3-7-13-10(9)11/h3,5,7,12H,4,6,8H2,1-2H3,(H2,11,13). The highest BCUT2D eigenvalue weighted by Crippen LogP contribution is 2.18. The molecular weight excluding hydrogens is 176 g/mol. The van der Waals surface area contributed by atoms with Crippen molar-refractivity contribution < 1.29 is 0 Å². The van der Waals surface area contributed by atoms with Crippen LogP contribution in [0.5, 0.6) is 0 Å². The Balaban J connectivity index is 2.51. The zero-order valence-electron chi connectivity index (χ0n) is 8.83. The summed E-state index contributed by atoms with van der Waals surface area (Å²) < 4.78 is 0. The Labute approximate surface area is 85.1 Å². The summed E-state index contributed by atoms with van der Waals surface area (Å²) in [6.45, 7) is 2.00. The average Bonchev–Trinajstić information content (AvgIpc) is 2.18. The fourth-order valence-electron chi connectivity index (χ4n) is 1.35. The van der Waals surface area contributed by atoms with Gasteiger partial charge < -0.3 is 16.0 Å². The van der Waals surface area contributed by atoms with Gasteiger partial charge in [-0.1, -0.05) is 0 Å². The molecule has 0 saturated heterocycles. The molecule has 3 N–H and O–H groups in total. The Kier molecular flexibility index (Phi) is 4.19. The number of aromatic nitrogens is 1. The highest BCUT2D eigenvalue weighted by atomic mass is 15.1. The second kappa shape index (κ2) is 5.44. The Bertz CT molecular complexity index is 275. The minimum atomic E-state index is 0.597. The monoisotopic (exact) mass is 194 g/mol. The van der Waals surface area contributed by atoms with Crippen molar-refractivity contribution in [2.45, 2.75) is 6.42 Å². The molecule has 0 atom stereocenters. The lowest BCUT2D eigenvalue weighted by Crippen LogP contribution is -2.23. The van der Waals surface area contributed by atoms with E-state index in [1.165, 1.54) is 0 Å². The van der Waals surface area contributed by atoms with Gasteiger partial charge in [0.1, 0.15) is 5.82 Å². The fourth-order valence-corrected chi connectivity index (χ4v) is 1.35. The van der Waals surface area contributed by atoms with Crippen molar-refractivity contribution >= 4 is 11.5 Å². The lowest BCUT2D eigenvalue weighted by Gasteiger charge is -2.19. The summed E-state index contributed by atoms with van der Waals surface area (Å²) in [6.07, 6.45) is 2.81. The van der Waals surface area contributed by atoms with Crippen LogP contribution in [-0.4, -0.2) is 32.2 Å². The minimum Gasteiger partial charge on any atom is -0.382 e. The number of rotatable bonds is 5. The van der Waals surface area contributed by atoms with Gasteiger partial charge in [-0.25, -0.2) is 4.98 Å². The molecule has 0 aliphatic heterocycles. The zero-order chi connectivity index (χ0) is 10.4. The molecule has 0 spiro atoms. The molecule has 4 heteroatoms. The average molecular weight is 194 g/mol. The molecule has 0 fully saturated rings. The van der Waals surface area contributed by atoms with E-state index in [9.17, 15) is 0 Å². The van der Waals surface area contributed by atoms with Crippen LogP contribution in [0.1, 0.15) is 6.42 Å². The molecule has 0 unspecified atom stereocenters. The normalized spacial score (nSPS) is 10.1. The van der Waals surface area contributed by atoms with Crippen LogP contribution in [0.25, 0.3) is 0 Å². The topological polar surface area (TPSA) is 54.2 Å². The molecule has 0 aliphatic carbocycles. The summed E-state index contributed by atoms with van der Waals surface area (Å²) >= 11 is 0. The van der Waals surface area contributed by atoms with Crippen LogP contribution in [0.4, 0.5) is 11.5 Å². The molecular formula is C10H18N4. The minimum absolute atomic E-state index is 0.597. The highest BCUT2D eigenvalue weighted by molar-refractivity contribution is 5.62. The van der Waals surface area contributed by atoms with Crippen LogP contribution in [0.2, 0.25) is 0 Å². The number of nitrogens with one attached hydrogen (secondary N) is 1. The first-order valence-corrected chi connectivity index (χ1v) is 4.82. The molecule has 1 rings (SSSR count). The third-order valence-corrected chi connectivity index (χ3v) is 2.15. The quantitative estimate of drug-likeness (QED) is 0.678. The largest absolute Gasteiger partial charge is 0.382 e. The van der Waals surface area contributed by atoms with Crippen molar-refractivity contribution in [3.05, 3.63) is 18.3 Å². The summed E-state index contributed by atoms with van der Waals surface area (Å²) in [7, 11) is 3.99. The molecule has 14 heavy (non-hydrogen) atoms. The van der Waals surface area contributed by atoms with Gasteiger partial charge in [0.15, 0.2) is 0 Å². The van der Waals surface area contributed by atoms with Gasteiger partial charge in [0.25, 0.3) is 0 Å². The first-order valence-electron chi connectivity index (χ1n) is 4.82. The van der Waals surface area contributed by atoms with Crippen molar-refractivity contribution in [3.8, 4) is 0 Å². The van der Waals surface area contributed by atoms with Gasteiger partial charge in [-0.2, -0.15) is 0 Å². The first-order chi connectivity index (χ1) is 6.75. The van der Waals surface area contributed by atoms with Gasteiger partial charge in [-0.05, 0) is 32.1 Å². The number of nitrogens with two attached hydrogens (primary N) is 1. The van der Waals surface area contributed by atoms with Crippen LogP contribution < -0.4 is 16.0 Å². The second-order valence-electron chi connectivity index (χ2n) is 3.29. The number of anilines is 2. The van der Waals surface area contributed by atoms with E-state index in [1.807, 2.05) is 26.2 Å². The maximum atomic E-state index is 5.76. The molecule has 1 aromatic rings. The van der Waals surface area contributed by atoms with Crippen molar-refractivity contribution in [2.75, 3.05) is 37.8 Å². The van der Waals surface area contributed by atoms with E-state index in [2.05, 4.69) is 15.2 Å². The van der Waals surface area contributed by atoms with Gasteiger partial charge in [0, 0.05) is 19.8 Å². The van der Waals surface area contributed by atoms with E-state index in [4.69, 9.17) is 5.73 Å². The van der Waals surface area contributed by atoms with Crippen LogP contribution in [-0.2, 0) is 0 Å². The summed E-state index contributed by atoms with van der Waals surface area (Å²) in [5.41, 5.74) is 6.76. The van der Waals surface area contributed by atoms with Crippen molar-refractivity contribution in [1.29, 1.82) is 0 Å². The predicted molar refractivity (Wildman–Crippen MR) is 60.5 cm³/mol. The van der Waals surface area contributed by atoms with Crippen molar-refractivity contribution in [2.24, 2.45) is 0 Å². The third-order valence-electron chi connectivity index (χ3n) is 2.15. The van der Waals surface area contributed by atoms with Crippen LogP contribution in [0.15, 0.2) is 18.3 Å². The maximum Gasteiger partial charge on any atom is 0.146 e. The third kappa shape index (κ3) is 2.88. The van der Waals surface area contributed by atoms with E-state index in [0.29, 0.717) is 5.82 Å². The molecule has 1 aromatic heterocycles. The molecule has 1 heterocycles. The Morgan fingerprint density at radius 3 is 3.00 bits per heavy atom. The van der Waals surface area contributed by atoms with Gasteiger partial charge in [-0.15, -0.1) is 0 Å². The fraction of sp³-hybridized carbons (Fsp3) is 0.500. The van der Waals surface area contributed by atoms with E-state index < -0.39 is 0 Å². The van der Waals surface area contributed by atoms with Crippen LogP contribution in [0.3, 0.4) is 0 Å². The van der Waals surface area contributed by atoms with Gasteiger partial charge in [-0.3, -0.25) is 0 Å². The Hall–Kier alpha value is -1.29. The van der Waals surface area contributed by atoms with E-state index >= 15 is 0 Å². The van der Waals surface area contributed by atoms with Gasteiger partial charge >= 0.3 is 0 Å². The molecule has 0 amide bonds. The number of hydrogen-bond acceptors (Lipinski definition) is 4. The van der Waals surface area contributed by atoms with Crippen molar-refractivity contribution in [3.63, 3.8) is 0 Å². The maximum absolute atomic E-state index is 5.76. The molecule has 78 valence electrons. The lowest BCUT2D eigenvalue weighted by molar-refractivity contribution is 0.713. The number of hydrogen-bond donors (Lipinski definition) is 2. The van der Waals surface area contributed by atoms with Crippen LogP contribution >= 0.6 is 0 Å². The van der Waals surface area contributed by atoms with E-state index in [1.54, 1.807) is 6.20 Å². The number of nitrogen functional groups attached to an aromatic ring is 1. The predicted octanol–water partition coefficient (Wildman–Crippen LogP) is 0.709. The molecule has 0 aromatic carbocycles. The molecule has 0 bridgehead atoms. The summed E-state index contributed by atoms with van der Waals surface area (Å²) in [6, 6.07) is 3.89. The number of nitrogens with zero attached hydrogens (tertiary/aromatic N) is 2. The first kappa shape index (κ1) is 10.8. The summed E-state index contributed by atoms with van der Waals surface area (Å²) in [5, 5.41) is 3.12. The summed E-state index contributed by atoms with van der Waals surface area (Å²) in [5.74, 6) is 0.597. The second-order valence-corrected chi connectivity index (χ2v) is 3.29. The van der Waals surface area contributed by atoms with Gasteiger partial charge in [0.05, 0.1) is 5.69 Å². The zero-order valence-corrected chi connectivity index (χ0v) is 8.83. The molecule has 4 nitrogen and oxygen atoms in total. The van der Waals surface area contributed by atoms with Crippen LogP contribution in [0, 0.1) is 0 Å². The van der Waals surface area contributed by atoms with Gasteiger partial charge in [0.2, 0.25) is 0 Å².